The fourth-order valence-electron chi connectivity index (χ4n) is 3.02. The molecule has 0 radical (unpaired) electrons. The van der Waals surface area contributed by atoms with Gasteiger partial charge in [0.2, 0.25) is 0 Å². The first-order valence-electron chi connectivity index (χ1n) is 8.99. The van der Waals surface area contributed by atoms with Crippen molar-refractivity contribution in [3.8, 4) is 0 Å². The van der Waals surface area contributed by atoms with Crippen LogP contribution in [0.1, 0.15) is 31.6 Å². The van der Waals surface area contributed by atoms with E-state index in [0.29, 0.717) is 12.5 Å². The second-order valence-electron chi connectivity index (χ2n) is 6.52. The number of guanidine groups is 1. The van der Waals surface area contributed by atoms with Crippen molar-refractivity contribution in [1.29, 1.82) is 0 Å². The lowest BCUT2D eigenvalue weighted by Crippen LogP contribution is -2.44. The molecule has 2 heterocycles. The zero-order valence-corrected chi connectivity index (χ0v) is 16.1. The van der Waals surface area contributed by atoms with E-state index in [1.807, 2.05) is 11.3 Å². The zero-order chi connectivity index (χ0) is 17.2. The molecule has 5 nitrogen and oxygen atoms in total. The molecule has 2 rings (SSSR count). The first-order valence-corrected chi connectivity index (χ1v) is 9.87. The summed E-state index contributed by atoms with van der Waals surface area (Å²) >= 11 is 1.86. The lowest BCUT2D eigenvalue weighted by atomic mass is 9.97. The number of nitrogens with one attached hydrogen (secondary N) is 2. The van der Waals surface area contributed by atoms with E-state index in [0.717, 1.165) is 25.6 Å². The Morgan fingerprint density at radius 3 is 2.88 bits per heavy atom. The molecule has 1 aromatic rings. The molecule has 1 aromatic heterocycles. The summed E-state index contributed by atoms with van der Waals surface area (Å²) in [6, 6.07) is 4.64. The van der Waals surface area contributed by atoms with Crippen LogP contribution in [0.15, 0.2) is 22.5 Å². The standard InChI is InChI=1S/C18H32N4OS/c1-4-19-18(21-15(2)14-23-3)20-12-16-7-9-22(10-8-16)13-17-6-5-11-24-17/h5-6,11,15-16H,4,7-10,12-14H2,1-3H3,(H2,19,20,21). The van der Waals surface area contributed by atoms with Crippen LogP contribution in [0.2, 0.25) is 0 Å². The van der Waals surface area contributed by atoms with E-state index < -0.39 is 0 Å². The van der Waals surface area contributed by atoms with Crippen molar-refractivity contribution < 1.29 is 4.74 Å². The Morgan fingerprint density at radius 2 is 2.25 bits per heavy atom. The van der Waals surface area contributed by atoms with E-state index in [-0.39, 0.29) is 6.04 Å². The summed E-state index contributed by atoms with van der Waals surface area (Å²) in [5, 5.41) is 8.89. The molecule has 0 saturated carbocycles. The molecular formula is C18H32N4OS. The van der Waals surface area contributed by atoms with Crippen molar-refractivity contribution in [2.24, 2.45) is 10.9 Å². The second-order valence-corrected chi connectivity index (χ2v) is 7.55. The smallest absolute Gasteiger partial charge is 0.191 e. The second kappa shape index (κ2) is 10.7. The molecule has 0 amide bonds. The molecule has 0 spiro atoms. The topological polar surface area (TPSA) is 48.9 Å². The molecule has 0 aliphatic carbocycles. The summed E-state index contributed by atoms with van der Waals surface area (Å²) < 4.78 is 5.18. The Labute approximate surface area is 150 Å². The summed E-state index contributed by atoms with van der Waals surface area (Å²) in [5.74, 6) is 1.60. The lowest BCUT2D eigenvalue weighted by molar-refractivity contribution is 0.178. The molecule has 24 heavy (non-hydrogen) atoms. The number of piperidine rings is 1. The van der Waals surface area contributed by atoms with Gasteiger partial charge in [-0.3, -0.25) is 9.89 Å². The van der Waals surface area contributed by atoms with Gasteiger partial charge in [-0.25, -0.2) is 0 Å². The fraction of sp³-hybridized carbons (Fsp3) is 0.722. The first-order chi connectivity index (χ1) is 11.7. The van der Waals surface area contributed by atoms with E-state index in [1.54, 1.807) is 7.11 Å². The van der Waals surface area contributed by atoms with Crippen LogP contribution < -0.4 is 10.6 Å². The van der Waals surface area contributed by atoms with Gasteiger partial charge in [0.25, 0.3) is 0 Å². The van der Waals surface area contributed by atoms with E-state index in [9.17, 15) is 0 Å². The Morgan fingerprint density at radius 1 is 1.46 bits per heavy atom. The van der Waals surface area contributed by atoms with Crippen LogP contribution in [-0.4, -0.2) is 56.8 Å². The quantitative estimate of drug-likeness (QED) is 0.558. The van der Waals surface area contributed by atoms with Gasteiger partial charge in [0.15, 0.2) is 5.96 Å². The maximum absolute atomic E-state index is 5.18. The number of nitrogens with zero attached hydrogens (tertiary/aromatic N) is 2. The summed E-state index contributed by atoms with van der Waals surface area (Å²) in [6.07, 6.45) is 2.48. The van der Waals surface area contributed by atoms with Crippen LogP contribution >= 0.6 is 11.3 Å². The van der Waals surface area contributed by atoms with Crippen LogP contribution in [0.3, 0.4) is 0 Å². The van der Waals surface area contributed by atoms with Crippen LogP contribution in [0.5, 0.6) is 0 Å². The number of methoxy groups -OCH3 is 1. The SMILES string of the molecule is CCNC(=NCC1CCN(Cc2cccs2)CC1)NC(C)COC. The number of hydrogen-bond donors (Lipinski definition) is 2. The maximum atomic E-state index is 5.18. The average Bonchev–Trinajstić information content (AvgIpc) is 3.07. The number of rotatable bonds is 8. The number of aliphatic imine (C=N–C) groups is 1. The maximum Gasteiger partial charge on any atom is 0.191 e. The highest BCUT2D eigenvalue weighted by atomic mass is 32.1. The Balaban J connectivity index is 1.74. The van der Waals surface area contributed by atoms with Crippen molar-refractivity contribution in [1.82, 2.24) is 15.5 Å². The van der Waals surface area contributed by atoms with Crippen molar-refractivity contribution in [3.05, 3.63) is 22.4 Å². The predicted octanol–water partition coefficient (Wildman–Crippen LogP) is 2.55. The third kappa shape index (κ3) is 6.79. The molecular weight excluding hydrogens is 320 g/mol. The molecule has 136 valence electrons. The fourth-order valence-corrected chi connectivity index (χ4v) is 3.76. The van der Waals surface area contributed by atoms with Crippen molar-refractivity contribution in [2.75, 3.05) is 39.9 Å². The van der Waals surface area contributed by atoms with E-state index in [4.69, 9.17) is 9.73 Å². The van der Waals surface area contributed by atoms with Crippen LogP contribution in [0.4, 0.5) is 0 Å². The molecule has 1 fully saturated rings. The molecule has 1 atom stereocenters. The van der Waals surface area contributed by atoms with Crippen molar-refractivity contribution >= 4 is 17.3 Å². The molecule has 6 heteroatoms. The molecule has 2 N–H and O–H groups in total. The van der Waals surface area contributed by atoms with E-state index in [1.165, 1.54) is 30.8 Å². The Bertz CT molecular complexity index is 469. The molecule has 1 aliphatic heterocycles. The summed E-state index contributed by atoms with van der Waals surface area (Å²) in [5.41, 5.74) is 0. The van der Waals surface area contributed by atoms with Gasteiger partial charge in [-0.05, 0) is 57.1 Å². The lowest BCUT2D eigenvalue weighted by Gasteiger charge is -2.31. The van der Waals surface area contributed by atoms with Crippen LogP contribution in [-0.2, 0) is 11.3 Å². The predicted molar refractivity (Wildman–Crippen MR) is 103 cm³/mol. The van der Waals surface area contributed by atoms with E-state index >= 15 is 0 Å². The monoisotopic (exact) mass is 352 g/mol. The minimum absolute atomic E-state index is 0.264. The van der Waals surface area contributed by atoms with Gasteiger partial charge in [0.05, 0.1) is 6.61 Å². The summed E-state index contributed by atoms with van der Waals surface area (Å²) in [7, 11) is 1.73. The highest BCUT2D eigenvalue weighted by Gasteiger charge is 2.19. The van der Waals surface area contributed by atoms with Gasteiger partial charge < -0.3 is 15.4 Å². The number of likely N-dealkylation sites (tertiary alicyclic amines) is 1. The summed E-state index contributed by atoms with van der Waals surface area (Å²) in [6.45, 7) is 10.1. The first kappa shape index (κ1) is 19.2. The minimum Gasteiger partial charge on any atom is -0.383 e. The molecule has 1 aliphatic rings. The molecule has 0 aromatic carbocycles. The van der Waals surface area contributed by atoms with Gasteiger partial charge in [-0.2, -0.15) is 0 Å². The average molecular weight is 353 g/mol. The summed E-state index contributed by atoms with van der Waals surface area (Å²) in [4.78, 5) is 8.82. The highest BCUT2D eigenvalue weighted by Crippen LogP contribution is 2.20. The van der Waals surface area contributed by atoms with Gasteiger partial charge in [-0.1, -0.05) is 6.07 Å². The Kier molecular flexibility index (Phi) is 8.56. The normalized spacial score (nSPS) is 18.5. The van der Waals surface area contributed by atoms with Gasteiger partial charge in [0, 0.05) is 37.7 Å². The number of thiophene rings is 1. The minimum atomic E-state index is 0.264. The van der Waals surface area contributed by atoms with Crippen LogP contribution in [0, 0.1) is 5.92 Å². The van der Waals surface area contributed by atoms with Gasteiger partial charge in [0.1, 0.15) is 0 Å². The van der Waals surface area contributed by atoms with Crippen molar-refractivity contribution in [3.63, 3.8) is 0 Å². The van der Waals surface area contributed by atoms with Gasteiger partial charge in [-0.15, -0.1) is 11.3 Å². The molecule has 1 unspecified atom stereocenters. The Hall–Kier alpha value is -1.11. The number of ether oxygens (including phenoxy) is 1. The van der Waals surface area contributed by atoms with E-state index in [2.05, 4.69) is 46.9 Å². The number of hydrogen-bond acceptors (Lipinski definition) is 4. The molecule has 0 bridgehead atoms. The van der Waals surface area contributed by atoms with Gasteiger partial charge >= 0.3 is 0 Å². The van der Waals surface area contributed by atoms with Crippen LogP contribution in [0.25, 0.3) is 0 Å². The molecule has 1 saturated heterocycles. The van der Waals surface area contributed by atoms with Crippen molar-refractivity contribution in [2.45, 2.75) is 39.3 Å². The third-order valence-electron chi connectivity index (χ3n) is 4.32. The highest BCUT2D eigenvalue weighted by molar-refractivity contribution is 7.09. The largest absolute Gasteiger partial charge is 0.383 e. The zero-order valence-electron chi connectivity index (χ0n) is 15.3. The third-order valence-corrected chi connectivity index (χ3v) is 5.18.